The van der Waals surface area contributed by atoms with E-state index < -0.39 is 6.16 Å². The predicted molar refractivity (Wildman–Crippen MR) is 132 cm³/mol. The Morgan fingerprint density at radius 3 is 0.933 bits per heavy atom. The Labute approximate surface area is 189 Å². The molecular weight excluding hydrogens is 374 g/mol. The normalized spacial score (nSPS) is 11.2. The summed E-state index contributed by atoms with van der Waals surface area (Å²) in [6.45, 7) is 11.2. The number of carbonyl (C=O) groups is 1. The number of quaternary nitrogens is 1. The zero-order valence-electron chi connectivity index (χ0n) is 21.1. The van der Waals surface area contributed by atoms with E-state index in [9.17, 15) is 0 Å². The summed E-state index contributed by atoms with van der Waals surface area (Å²) in [5, 5.41) is 13.9. The van der Waals surface area contributed by atoms with Gasteiger partial charge in [0.25, 0.3) is 0 Å². The number of rotatable bonds is 21. The third-order valence-electron chi connectivity index (χ3n) is 6.15. The molecule has 0 aliphatic rings. The van der Waals surface area contributed by atoms with Gasteiger partial charge in [-0.15, -0.1) is 0 Å². The summed E-state index contributed by atoms with van der Waals surface area (Å²) < 4.78 is 1.36. The second-order valence-corrected chi connectivity index (χ2v) is 9.38. The van der Waals surface area contributed by atoms with Gasteiger partial charge in [-0.1, -0.05) is 97.8 Å². The van der Waals surface area contributed by atoms with Gasteiger partial charge in [0.1, 0.15) is 0 Å². The zero-order valence-corrected chi connectivity index (χ0v) is 21.1. The Balaban J connectivity index is 0. The van der Waals surface area contributed by atoms with Gasteiger partial charge in [0.15, 0.2) is 0 Å². The molecule has 0 aromatic rings. The first kappa shape index (κ1) is 31.4. The van der Waals surface area contributed by atoms with Crippen molar-refractivity contribution < 1.29 is 19.5 Å². The Morgan fingerprint density at radius 2 is 0.700 bits per heavy atom. The molecule has 0 bridgehead atoms. The Bertz CT molecular complexity index is 302. The second kappa shape index (κ2) is 24.5. The van der Waals surface area contributed by atoms with Gasteiger partial charge in [-0.3, -0.25) is 0 Å². The third kappa shape index (κ3) is 27.2. The average Bonchev–Trinajstić information content (AvgIpc) is 2.70. The van der Waals surface area contributed by atoms with E-state index in [0.29, 0.717) is 0 Å². The number of nitrogens with zero attached hydrogens (tertiary/aromatic N) is 1. The predicted octanol–water partition coefficient (Wildman–Crippen LogP) is 8.74. The maximum atomic E-state index is 8.56. The van der Waals surface area contributed by atoms with Crippen molar-refractivity contribution in [2.24, 2.45) is 0 Å². The van der Waals surface area contributed by atoms with E-state index in [2.05, 4.69) is 27.8 Å². The lowest BCUT2D eigenvalue weighted by molar-refractivity contribution is -0.910. The molecule has 182 valence electrons. The summed E-state index contributed by atoms with van der Waals surface area (Å²) in [5.41, 5.74) is 0. The van der Waals surface area contributed by atoms with Crippen molar-refractivity contribution in [2.75, 3.05) is 26.7 Å². The minimum atomic E-state index is -1.83. The van der Waals surface area contributed by atoms with E-state index in [4.69, 9.17) is 15.0 Å². The monoisotopic (exact) mass is 430 g/mol. The highest BCUT2D eigenvalue weighted by atomic mass is 16.6. The van der Waals surface area contributed by atoms with E-state index >= 15 is 0 Å². The van der Waals surface area contributed by atoms with Crippen LogP contribution in [0, 0.1) is 0 Å². The van der Waals surface area contributed by atoms with Crippen molar-refractivity contribution >= 4 is 6.16 Å². The molecule has 0 aromatic heterocycles. The molecule has 0 rings (SSSR count). The van der Waals surface area contributed by atoms with E-state index in [1.807, 2.05) is 0 Å². The van der Waals surface area contributed by atoms with Gasteiger partial charge < -0.3 is 14.7 Å². The molecule has 0 spiro atoms. The average molecular weight is 431 g/mol. The summed E-state index contributed by atoms with van der Waals surface area (Å²) in [6.07, 6.45) is 24.0. The van der Waals surface area contributed by atoms with Crippen molar-refractivity contribution in [2.45, 2.75) is 136 Å². The lowest BCUT2D eigenvalue weighted by atomic mass is 10.1. The molecule has 30 heavy (non-hydrogen) atoms. The first-order valence-electron chi connectivity index (χ1n) is 13.2. The molecule has 0 unspecified atom stereocenters. The van der Waals surface area contributed by atoms with Crippen molar-refractivity contribution in [1.82, 2.24) is 0 Å². The zero-order chi connectivity index (χ0) is 22.9. The van der Waals surface area contributed by atoms with Crippen molar-refractivity contribution in [3.05, 3.63) is 0 Å². The van der Waals surface area contributed by atoms with Crippen LogP contribution >= 0.6 is 0 Å². The molecule has 0 aliphatic heterocycles. The first-order chi connectivity index (χ1) is 14.4. The lowest BCUT2D eigenvalue weighted by Gasteiger charge is -2.35. The molecule has 0 atom stereocenters. The SMILES string of the molecule is CCCCCCCC[N+](C)(CCCCCCCC)CCCCCCCC.O=C(O)O. The Morgan fingerprint density at radius 1 is 0.500 bits per heavy atom. The maximum Gasteiger partial charge on any atom is 0.503 e. The molecule has 0 aliphatic carbocycles. The van der Waals surface area contributed by atoms with Gasteiger partial charge in [-0.05, 0) is 38.5 Å². The van der Waals surface area contributed by atoms with Gasteiger partial charge in [0, 0.05) is 0 Å². The van der Waals surface area contributed by atoms with Crippen LogP contribution in [0.1, 0.15) is 136 Å². The molecular formula is C26H56NO3+. The van der Waals surface area contributed by atoms with Gasteiger partial charge in [-0.2, -0.15) is 0 Å². The van der Waals surface area contributed by atoms with Crippen LogP contribution in [0.3, 0.4) is 0 Å². The fourth-order valence-corrected chi connectivity index (χ4v) is 4.16. The van der Waals surface area contributed by atoms with Gasteiger partial charge in [-0.25, -0.2) is 4.79 Å². The number of unbranched alkanes of at least 4 members (excludes halogenated alkanes) is 15. The molecule has 2 N–H and O–H groups in total. The molecule has 0 fully saturated rings. The molecule has 0 amide bonds. The Kier molecular flexibility index (Phi) is 25.7. The largest absolute Gasteiger partial charge is 0.503 e. The van der Waals surface area contributed by atoms with Gasteiger partial charge >= 0.3 is 6.16 Å². The maximum absolute atomic E-state index is 8.56. The number of hydrogen-bond donors (Lipinski definition) is 2. The van der Waals surface area contributed by atoms with E-state index in [1.165, 1.54) is 140 Å². The lowest BCUT2D eigenvalue weighted by Crippen LogP contribution is -2.46. The Hall–Kier alpha value is -0.770. The molecule has 0 heterocycles. The highest BCUT2D eigenvalue weighted by Crippen LogP contribution is 2.16. The highest BCUT2D eigenvalue weighted by Gasteiger charge is 2.20. The quantitative estimate of drug-likeness (QED) is 0.141. The van der Waals surface area contributed by atoms with Crippen LogP contribution in [-0.4, -0.2) is 47.5 Å². The topological polar surface area (TPSA) is 57.5 Å². The molecule has 0 saturated carbocycles. The number of hydrogen-bond acceptors (Lipinski definition) is 1. The van der Waals surface area contributed by atoms with Crippen molar-refractivity contribution in [3.63, 3.8) is 0 Å². The molecule has 0 aromatic carbocycles. The molecule has 4 heteroatoms. The second-order valence-electron chi connectivity index (χ2n) is 9.38. The summed E-state index contributed by atoms with van der Waals surface area (Å²) in [4.78, 5) is 8.56. The van der Waals surface area contributed by atoms with E-state index in [-0.39, 0.29) is 0 Å². The van der Waals surface area contributed by atoms with Gasteiger partial charge in [0.05, 0.1) is 26.7 Å². The summed E-state index contributed by atoms with van der Waals surface area (Å²) in [7, 11) is 2.56. The van der Waals surface area contributed by atoms with Crippen molar-refractivity contribution in [1.29, 1.82) is 0 Å². The summed E-state index contributed by atoms with van der Waals surface area (Å²) in [5.74, 6) is 0. The first-order valence-corrected chi connectivity index (χ1v) is 13.2. The summed E-state index contributed by atoms with van der Waals surface area (Å²) >= 11 is 0. The third-order valence-corrected chi connectivity index (χ3v) is 6.15. The van der Waals surface area contributed by atoms with Crippen LogP contribution < -0.4 is 0 Å². The molecule has 0 saturated heterocycles. The fourth-order valence-electron chi connectivity index (χ4n) is 4.16. The van der Waals surface area contributed by atoms with Crippen LogP contribution in [0.4, 0.5) is 4.79 Å². The van der Waals surface area contributed by atoms with Crippen LogP contribution in [-0.2, 0) is 0 Å². The van der Waals surface area contributed by atoms with E-state index in [1.54, 1.807) is 0 Å². The van der Waals surface area contributed by atoms with Gasteiger partial charge in [0.2, 0.25) is 0 Å². The minimum absolute atomic E-state index is 1.36. The standard InChI is InChI=1S/C25H54N.CH2O3/c1-5-8-11-14-17-20-23-26(4,24-21-18-15-12-9-6-2)25-22-19-16-13-10-7-3;2-1(3)4/h5-25H2,1-4H3;(H2,2,3,4)/q+1;. The van der Waals surface area contributed by atoms with Crippen LogP contribution in [0.5, 0.6) is 0 Å². The van der Waals surface area contributed by atoms with E-state index in [0.717, 1.165) is 0 Å². The van der Waals surface area contributed by atoms with Crippen LogP contribution in [0.25, 0.3) is 0 Å². The van der Waals surface area contributed by atoms with Crippen molar-refractivity contribution in [3.8, 4) is 0 Å². The smallest absolute Gasteiger partial charge is 0.450 e. The number of carboxylic acid groups (broad SMARTS) is 2. The highest BCUT2D eigenvalue weighted by molar-refractivity contribution is 5.53. The summed E-state index contributed by atoms with van der Waals surface area (Å²) in [6, 6.07) is 0. The fraction of sp³-hybridized carbons (Fsp3) is 0.962. The molecule has 4 nitrogen and oxygen atoms in total. The molecule has 0 radical (unpaired) electrons. The minimum Gasteiger partial charge on any atom is -0.450 e. The van der Waals surface area contributed by atoms with Crippen LogP contribution in [0.2, 0.25) is 0 Å². The van der Waals surface area contributed by atoms with Crippen LogP contribution in [0.15, 0.2) is 0 Å².